The lowest BCUT2D eigenvalue weighted by molar-refractivity contribution is -0.116. The topological polar surface area (TPSA) is 90.5 Å². The molecule has 0 fully saturated rings. The lowest BCUT2D eigenvalue weighted by Crippen LogP contribution is -2.32. The van der Waals surface area contributed by atoms with Crippen molar-refractivity contribution < 1.29 is 13.9 Å². The minimum Gasteiger partial charge on any atom is -0.497 e. The number of amides is 1. The van der Waals surface area contributed by atoms with Crippen molar-refractivity contribution in [2.45, 2.75) is 6.54 Å². The summed E-state index contributed by atoms with van der Waals surface area (Å²) in [7, 11) is 1.58. The highest BCUT2D eigenvalue weighted by molar-refractivity contribution is 5.94. The van der Waals surface area contributed by atoms with Crippen molar-refractivity contribution in [3.8, 4) is 17.1 Å². The minimum atomic E-state index is -0.495. The number of ether oxygens (including phenoxy) is 1. The lowest BCUT2D eigenvalue weighted by atomic mass is 10.2. The smallest absolute Gasteiger partial charge is 0.351 e. The van der Waals surface area contributed by atoms with Gasteiger partial charge in [-0.15, -0.1) is 5.10 Å². The van der Waals surface area contributed by atoms with E-state index in [1.165, 1.54) is 33.3 Å². The Labute approximate surface area is 186 Å². The fraction of sp³-hybridized carbons (Fsp3) is 0.0833. The number of hydrogen-bond acceptors (Lipinski definition) is 5. The Hall–Kier alpha value is -4.53. The third-order valence-corrected chi connectivity index (χ3v) is 5.23. The molecule has 0 spiro atoms. The number of carbonyl (C=O) groups excluding carboxylic acids is 1. The first-order chi connectivity index (χ1) is 16.0. The van der Waals surface area contributed by atoms with Gasteiger partial charge in [0.05, 0.1) is 12.6 Å². The van der Waals surface area contributed by atoms with Crippen LogP contribution in [0.2, 0.25) is 0 Å². The number of carbonyl (C=O) groups is 1. The Bertz CT molecular complexity index is 1540. The molecule has 0 unspecified atom stereocenters. The van der Waals surface area contributed by atoms with E-state index in [4.69, 9.17) is 4.74 Å². The minimum absolute atomic E-state index is 0.246. The number of benzene rings is 3. The highest BCUT2D eigenvalue weighted by Gasteiger charge is 2.17. The Morgan fingerprint density at radius 3 is 2.48 bits per heavy atom. The summed E-state index contributed by atoms with van der Waals surface area (Å²) in [5.74, 6) is 0.249. The number of nitrogens with one attached hydrogen (secondary N) is 1. The molecular weight excluding hydrogens is 425 g/mol. The zero-order chi connectivity index (χ0) is 22.9. The van der Waals surface area contributed by atoms with E-state index >= 15 is 0 Å². The standard InChI is InChI=1S/C24H18FN5O3/c1-33-18-12-6-15(7-13-18)22-27-23-19-4-2-3-5-20(19)29(24(32)30(23)28-22)14-21(31)26-17-10-8-16(25)9-11-17/h2-13H,14H2,1H3,(H,26,31). The third kappa shape index (κ3) is 3.80. The average Bonchev–Trinajstić information content (AvgIpc) is 3.29. The molecule has 0 atom stereocenters. The molecule has 0 aliphatic rings. The molecule has 0 bridgehead atoms. The van der Waals surface area contributed by atoms with E-state index in [-0.39, 0.29) is 6.54 Å². The molecular formula is C24H18FN5O3. The van der Waals surface area contributed by atoms with Crippen molar-refractivity contribution in [1.29, 1.82) is 0 Å². The number of methoxy groups -OCH3 is 1. The van der Waals surface area contributed by atoms with Gasteiger partial charge in [0.2, 0.25) is 5.91 Å². The van der Waals surface area contributed by atoms with E-state index in [1.54, 1.807) is 31.4 Å². The maximum atomic E-state index is 13.3. The molecule has 3 aromatic carbocycles. The molecule has 8 nitrogen and oxygen atoms in total. The molecule has 2 heterocycles. The Kier molecular flexibility index (Phi) is 5.06. The van der Waals surface area contributed by atoms with Gasteiger partial charge in [0.25, 0.3) is 0 Å². The van der Waals surface area contributed by atoms with Crippen LogP contribution in [0.1, 0.15) is 0 Å². The summed E-state index contributed by atoms with van der Waals surface area (Å²) in [6, 6.07) is 19.8. The first-order valence-electron chi connectivity index (χ1n) is 10.1. The third-order valence-electron chi connectivity index (χ3n) is 5.23. The van der Waals surface area contributed by atoms with Crippen LogP contribution in [-0.4, -0.2) is 32.2 Å². The predicted molar refractivity (Wildman–Crippen MR) is 122 cm³/mol. The van der Waals surface area contributed by atoms with E-state index in [0.29, 0.717) is 33.8 Å². The van der Waals surface area contributed by atoms with Gasteiger partial charge in [-0.1, -0.05) is 12.1 Å². The van der Waals surface area contributed by atoms with Crippen LogP contribution >= 0.6 is 0 Å². The number of rotatable bonds is 5. The Morgan fingerprint density at radius 1 is 1.03 bits per heavy atom. The lowest BCUT2D eigenvalue weighted by Gasteiger charge is -2.11. The van der Waals surface area contributed by atoms with Crippen LogP contribution in [0.25, 0.3) is 27.9 Å². The number of hydrogen-bond donors (Lipinski definition) is 1. The van der Waals surface area contributed by atoms with Crippen LogP contribution < -0.4 is 15.7 Å². The summed E-state index contributed by atoms with van der Waals surface area (Å²) in [4.78, 5) is 30.5. The maximum Gasteiger partial charge on any atom is 0.351 e. The molecule has 0 saturated heterocycles. The van der Waals surface area contributed by atoms with E-state index in [1.807, 2.05) is 24.3 Å². The molecule has 1 amide bonds. The van der Waals surface area contributed by atoms with Crippen LogP contribution in [0.4, 0.5) is 10.1 Å². The highest BCUT2D eigenvalue weighted by atomic mass is 19.1. The summed E-state index contributed by atoms with van der Waals surface area (Å²) >= 11 is 0. The van der Waals surface area contributed by atoms with Crippen LogP contribution in [0.3, 0.4) is 0 Å². The monoisotopic (exact) mass is 443 g/mol. The van der Waals surface area contributed by atoms with E-state index in [9.17, 15) is 14.0 Å². The largest absolute Gasteiger partial charge is 0.497 e. The Morgan fingerprint density at radius 2 is 1.76 bits per heavy atom. The van der Waals surface area contributed by atoms with Gasteiger partial charge in [-0.3, -0.25) is 9.36 Å². The zero-order valence-electron chi connectivity index (χ0n) is 17.5. The van der Waals surface area contributed by atoms with Crippen molar-refractivity contribution in [2.24, 2.45) is 0 Å². The first kappa shape index (κ1) is 20.4. The van der Waals surface area contributed by atoms with Gasteiger partial charge in [-0.25, -0.2) is 14.2 Å². The number of anilines is 1. The number of halogens is 1. The molecule has 1 N–H and O–H groups in total. The van der Waals surface area contributed by atoms with Crippen LogP contribution in [0.5, 0.6) is 5.75 Å². The second kappa shape index (κ2) is 8.19. The molecule has 2 aromatic heterocycles. The van der Waals surface area contributed by atoms with Gasteiger partial charge >= 0.3 is 5.69 Å². The van der Waals surface area contributed by atoms with Crippen molar-refractivity contribution >= 4 is 28.1 Å². The maximum absolute atomic E-state index is 13.3. The molecule has 33 heavy (non-hydrogen) atoms. The van der Waals surface area contributed by atoms with E-state index in [0.717, 1.165) is 5.56 Å². The average molecular weight is 443 g/mol. The fourth-order valence-electron chi connectivity index (χ4n) is 3.63. The van der Waals surface area contributed by atoms with Crippen molar-refractivity contribution in [1.82, 2.24) is 19.2 Å². The van der Waals surface area contributed by atoms with Crippen LogP contribution in [-0.2, 0) is 11.3 Å². The van der Waals surface area contributed by atoms with Gasteiger partial charge in [-0.05, 0) is 60.7 Å². The van der Waals surface area contributed by atoms with Gasteiger partial charge < -0.3 is 10.1 Å². The number of para-hydroxylation sites is 1. The second-order valence-corrected chi connectivity index (χ2v) is 7.34. The number of fused-ring (bicyclic) bond motifs is 3. The molecule has 5 aromatic rings. The normalized spacial score (nSPS) is 11.1. The van der Waals surface area contributed by atoms with Crippen LogP contribution in [0.15, 0.2) is 77.6 Å². The molecule has 0 radical (unpaired) electrons. The van der Waals surface area contributed by atoms with Gasteiger partial charge in [0, 0.05) is 16.6 Å². The van der Waals surface area contributed by atoms with Gasteiger partial charge in [0.1, 0.15) is 18.1 Å². The van der Waals surface area contributed by atoms with Gasteiger partial charge in [0.15, 0.2) is 11.5 Å². The van der Waals surface area contributed by atoms with Crippen LogP contribution in [0, 0.1) is 5.82 Å². The molecule has 0 aliphatic heterocycles. The summed E-state index contributed by atoms with van der Waals surface area (Å²) in [5, 5.41) is 7.76. The summed E-state index contributed by atoms with van der Waals surface area (Å²) in [6.45, 7) is -0.246. The van der Waals surface area contributed by atoms with Crippen molar-refractivity contribution in [2.75, 3.05) is 12.4 Å². The Balaban J connectivity index is 1.58. The second-order valence-electron chi connectivity index (χ2n) is 7.34. The summed E-state index contributed by atoms with van der Waals surface area (Å²) in [6.07, 6.45) is 0. The first-order valence-corrected chi connectivity index (χ1v) is 10.1. The van der Waals surface area contributed by atoms with E-state index in [2.05, 4.69) is 15.4 Å². The quantitative estimate of drug-likeness (QED) is 0.449. The van der Waals surface area contributed by atoms with E-state index < -0.39 is 17.4 Å². The highest BCUT2D eigenvalue weighted by Crippen LogP contribution is 2.23. The molecule has 5 rings (SSSR count). The van der Waals surface area contributed by atoms with Crippen molar-refractivity contribution in [3.05, 3.63) is 89.1 Å². The summed E-state index contributed by atoms with van der Waals surface area (Å²) in [5.41, 5.74) is 1.62. The molecule has 9 heteroatoms. The summed E-state index contributed by atoms with van der Waals surface area (Å²) < 4.78 is 20.9. The van der Waals surface area contributed by atoms with Crippen molar-refractivity contribution in [3.63, 3.8) is 0 Å². The number of aromatic nitrogens is 4. The zero-order valence-corrected chi connectivity index (χ0v) is 17.5. The number of nitrogens with zero attached hydrogens (tertiary/aromatic N) is 4. The van der Waals surface area contributed by atoms with Gasteiger partial charge in [-0.2, -0.15) is 4.52 Å². The molecule has 164 valence electrons. The molecule has 0 saturated carbocycles. The molecule has 0 aliphatic carbocycles. The fourth-order valence-corrected chi connectivity index (χ4v) is 3.63. The SMILES string of the molecule is COc1ccc(-c2nc3c4ccccc4n(CC(=O)Nc4ccc(F)cc4)c(=O)n3n2)cc1. The predicted octanol–water partition coefficient (Wildman–Crippen LogP) is 3.50.